The number of hydrogen-bond donors (Lipinski definition) is 4. The van der Waals surface area contributed by atoms with Crippen LogP contribution >= 0.6 is 7.59 Å². The van der Waals surface area contributed by atoms with Crippen LogP contribution < -0.4 is 26.1 Å². The number of methoxy groups -OCH3 is 1. The van der Waals surface area contributed by atoms with Crippen molar-refractivity contribution < 1.29 is 14.1 Å². The lowest BCUT2D eigenvalue weighted by atomic mass is 10.3. The van der Waals surface area contributed by atoms with Crippen molar-refractivity contribution in [3.63, 3.8) is 0 Å². The second kappa shape index (κ2) is 4.98. The predicted octanol–water partition coefficient (Wildman–Crippen LogP) is 0.842. The Labute approximate surface area is 92.7 Å². The molecule has 0 radical (unpaired) electrons. The van der Waals surface area contributed by atoms with Gasteiger partial charge in [0.05, 0.1) is 7.11 Å². The third-order valence-electron chi connectivity index (χ3n) is 1.62. The van der Waals surface area contributed by atoms with E-state index < -0.39 is 13.6 Å². The lowest BCUT2D eigenvalue weighted by molar-refractivity contribution is 0.256. The molecule has 8 heteroatoms. The lowest BCUT2D eigenvalue weighted by Crippen LogP contribution is -2.32. The standard InChI is InChI=1S/C8H13N4O3P/c1-15-7-4-2-6(3-5-7)11-8(13)12-16(9,10)14/h2-5H,1H3,(H6,9,10,11,12,13,14). The Morgan fingerprint density at radius 2 is 1.88 bits per heavy atom. The van der Waals surface area contributed by atoms with E-state index in [2.05, 4.69) is 5.32 Å². The van der Waals surface area contributed by atoms with Crippen LogP contribution in [0.25, 0.3) is 0 Å². The van der Waals surface area contributed by atoms with Gasteiger partial charge in [0.1, 0.15) is 5.75 Å². The maximum Gasteiger partial charge on any atom is 0.326 e. The topological polar surface area (TPSA) is 119 Å². The van der Waals surface area contributed by atoms with Crippen LogP contribution in [-0.2, 0) is 4.57 Å². The van der Waals surface area contributed by atoms with Gasteiger partial charge < -0.3 is 10.1 Å². The molecule has 0 bridgehead atoms. The lowest BCUT2D eigenvalue weighted by Gasteiger charge is -2.10. The van der Waals surface area contributed by atoms with Crippen molar-refractivity contribution >= 4 is 19.3 Å². The highest BCUT2D eigenvalue weighted by molar-refractivity contribution is 7.57. The molecule has 0 saturated carbocycles. The highest BCUT2D eigenvalue weighted by Gasteiger charge is 2.12. The van der Waals surface area contributed by atoms with Crippen molar-refractivity contribution in [3.05, 3.63) is 24.3 Å². The monoisotopic (exact) mass is 244 g/mol. The molecule has 0 aliphatic rings. The van der Waals surface area contributed by atoms with E-state index in [-0.39, 0.29) is 0 Å². The fourth-order valence-electron chi connectivity index (χ4n) is 0.992. The van der Waals surface area contributed by atoms with E-state index in [9.17, 15) is 9.36 Å². The molecule has 0 aliphatic heterocycles. The molecule has 0 aromatic heterocycles. The molecule has 0 heterocycles. The second-order valence-electron chi connectivity index (χ2n) is 3.00. The van der Waals surface area contributed by atoms with Crippen LogP contribution in [0.2, 0.25) is 0 Å². The first kappa shape index (κ1) is 12.5. The minimum Gasteiger partial charge on any atom is -0.497 e. The summed E-state index contributed by atoms with van der Waals surface area (Å²) in [5, 5.41) is 4.34. The molecule has 88 valence electrons. The minimum atomic E-state index is -3.56. The van der Waals surface area contributed by atoms with E-state index in [1.807, 2.05) is 5.09 Å². The van der Waals surface area contributed by atoms with Crippen LogP contribution in [0.5, 0.6) is 5.75 Å². The maximum atomic E-state index is 11.2. The molecule has 1 rings (SSSR count). The first-order valence-electron chi connectivity index (χ1n) is 4.31. The quantitative estimate of drug-likeness (QED) is 0.587. The van der Waals surface area contributed by atoms with Gasteiger partial charge in [0, 0.05) is 5.69 Å². The Balaban J connectivity index is 2.60. The normalized spacial score (nSPS) is 10.7. The summed E-state index contributed by atoms with van der Waals surface area (Å²) in [5.41, 5.74) is 10.5. The van der Waals surface area contributed by atoms with Crippen LogP contribution in [0.4, 0.5) is 10.5 Å². The van der Waals surface area contributed by atoms with Crippen molar-refractivity contribution in [1.82, 2.24) is 5.09 Å². The van der Waals surface area contributed by atoms with Gasteiger partial charge in [-0.05, 0) is 24.3 Å². The Morgan fingerprint density at radius 1 is 1.31 bits per heavy atom. The molecule has 2 amide bonds. The van der Waals surface area contributed by atoms with Crippen LogP contribution in [0.3, 0.4) is 0 Å². The average Bonchev–Trinajstić information content (AvgIpc) is 2.16. The summed E-state index contributed by atoms with van der Waals surface area (Å²) in [5.74, 6) is 0.661. The van der Waals surface area contributed by atoms with Gasteiger partial charge in [-0.1, -0.05) is 0 Å². The van der Waals surface area contributed by atoms with Crippen molar-refractivity contribution in [1.29, 1.82) is 0 Å². The number of rotatable bonds is 3. The van der Waals surface area contributed by atoms with Crippen molar-refractivity contribution in [3.8, 4) is 5.75 Å². The summed E-state index contributed by atoms with van der Waals surface area (Å²) in [6.07, 6.45) is 0. The Bertz CT molecular complexity index is 414. The summed E-state index contributed by atoms with van der Waals surface area (Å²) in [6.45, 7) is 0. The molecule has 0 unspecified atom stereocenters. The third-order valence-corrected chi connectivity index (χ3v) is 2.18. The number of hydrogen-bond acceptors (Lipinski definition) is 3. The second-order valence-corrected chi connectivity index (χ2v) is 4.65. The summed E-state index contributed by atoms with van der Waals surface area (Å²) in [4.78, 5) is 11.2. The third kappa shape index (κ3) is 4.31. The smallest absolute Gasteiger partial charge is 0.326 e. The zero-order chi connectivity index (χ0) is 12.2. The number of nitrogens with two attached hydrogens (primary N) is 2. The molecule has 0 spiro atoms. The Hall–Kier alpha value is -1.56. The zero-order valence-corrected chi connectivity index (χ0v) is 9.53. The highest BCUT2D eigenvalue weighted by atomic mass is 31.2. The van der Waals surface area contributed by atoms with Gasteiger partial charge in [-0.2, -0.15) is 0 Å². The SMILES string of the molecule is COc1ccc(NC(=O)NP(N)(N)=O)cc1. The fourth-order valence-corrected chi connectivity index (χ4v) is 1.37. The number of ether oxygens (including phenoxy) is 1. The Kier molecular flexibility index (Phi) is 3.89. The van der Waals surface area contributed by atoms with E-state index in [0.717, 1.165) is 0 Å². The number of anilines is 1. The van der Waals surface area contributed by atoms with Crippen LogP contribution in [0, 0.1) is 0 Å². The zero-order valence-electron chi connectivity index (χ0n) is 8.64. The average molecular weight is 244 g/mol. The van der Waals surface area contributed by atoms with Crippen molar-refractivity contribution in [2.24, 2.45) is 11.0 Å². The summed E-state index contributed by atoms with van der Waals surface area (Å²) < 4.78 is 15.8. The molecule has 6 N–H and O–H groups in total. The summed E-state index contributed by atoms with van der Waals surface area (Å²) >= 11 is 0. The number of carbonyl (C=O) groups is 1. The van der Waals surface area contributed by atoms with Gasteiger partial charge in [0.25, 0.3) is 0 Å². The highest BCUT2D eigenvalue weighted by Crippen LogP contribution is 2.19. The Morgan fingerprint density at radius 3 is 2.31 bits per heavy atom. The molecule has 1 aromatic rings. The number of amides is 2. The molecule has 7 nitrogen and oxygen atoms in total. The number of benzene rings is 1. The number of urea groups is 1. The van der Waals surface area contributed by atoms with Crippen LogP contribution in [0.1, 0.15) is 0 Å². The first-order chi connectivity index (χ1) is 7.40. The van der Waals surface area contributed by atoms with Gasteiger partial charge in [-0.15, -0.1) is 0 Å². The predicted molar refractivity (Wildman–Crippen MR) is 61.1 cm³/mol. The van der Waals surface area contributed by atoms with Crippen molar-refractivity contribution in [2.75, 3.05) is 12.4 Å². The molecule has 0 aliphatic carbocycles. The number of nitrogens with one attached hydrogen (secondary N) is 2. The molecule has 16 heavy (non-hydrogen) atoms. The van der Waals surface area contributed by atoms with Crippen molar-refractivity contribution in [2.45, 2.75) is 0 Å². The molecule has 0 saturated heterocycles. The molecular formula is C8H13N4O3P. The minimum absolute atomic E-state index is 0.506. The fraction of sp³-hybridized carbons (Fsp3) is 0.125. The summed E-state index contributed by atoms with van der Waals surface area (Å²) in [7, 11) is -2.02. The molecule has 0 atom stereocenters. The van der Waals surface area contributed by atoms with Gasteiger partial charge in [-0.3, -0.25) is 20.7 Å². The first-order valence-corrected chi connectivity index (χ1v) is 6.16. The van der Waals surface area contributed by atoms with Gasteiger partial charge >= 0.3 is 13.6 Å². The molecule has 1 aromatic carbocycles. The summed E-state index contributed by atoms with van der Waals surface area (Å²) in [6, 6.07) is 5.85. The molecule has 0 fully saturated rings. The van der Waals surface area contributed by atoms with Crippen LogP contribution in [0.15, 0.2) is 24.3 Å². The maximum absolute atomic E-state index is 11.2. The van der Waals surface area contributed by atoms with E-state index in [0.29, 0.717) is 11.4 Å². The van der Waals surface area contributed by atoms with E-state index in [4.69, 9.17) is 15.7 Å². The van der Waals surface area contributed by atoms with Gasteiger partial charge in [0.15, 0.2) is 0 Å². The van der Waals surface area contributed by atoms with E-state index in [1.54, 1.807) is 24.3 Å². The van der Waals surface area contributed by atoms with E-state index in [1.165, 1.54) is 7.11 Å². The van der Waals surface area contributed by atoms with Crippen LogP contribution in [-0.4, -0.2) is 13.1 Å². The number of carbonyl (C=O) groups excluding carboxylic acids is 1. The van der Waals surface area contributed by atoms with Gasteiger partial charge in [0.2, 0.25) is 0 Å². The van der Waals surface area contributed by atoms with Gasteiger partial charge in [-0.25, -0.2) is 4.79 Å². The van der Waals surface area contributed by atoms with E-state index >= 15 is 0 Å². The largest absolute Gasteiger partial charge is 0.497 e. The molecular weight excluding hydrogens is 231 g/mol.